The molecule has 0 amide bonds. The third kappa shape index (κ3) is 1.35. The molecule has 2 aliphatic heterocycles. The lowest BCUT2D eigenvalue weighted by Crippen LogP contribution is -2.36. The van der Waals surface area contributed by atoms with E-state index in [-0.39, 0.29) is 30.0 Å². The van der Waals surface area contributed by atoms with Gasteiger partial charge in [0.2, 0.25) is 0 Å². The van der Waals surface area contributed by atoms with Crippen molar-refractivity contribution in [3.05, 3.63) is 12.2 Å². The lowest BCUT2D eigenvalue weighted by atomic mass is 9.83. The van der Waals surface area contributed by atoms with Crippen LogP contribution < -0.4 is 5.73 Å². The molecule has 4 unspecified atom stereocenters. The zero-order chi connectivity index (χ0) is 10.1. The minimum Gasteiger partial charge on any atom is -0.466 e. The van der Waals surface area contributed by atoms with Gasteiger partial charge in [-0.25, -0.2) is 0 Å². The van der Waals surface area contributed by atoms with Crippen LogP contribution in [0.15, 0.2) is 12.2 Å². The molecule has 2 rings (SSSR count). The predicted molar refractivity (Wildman–Crippen MR) is 50.5 cm³/mol. The first kappa shape index (κ1) is 9.68. The third-order valence-electron chi connectivity index (χ3n) is 2.87. The third-order valence-corrected chi connectivity index (χ3v) is 2.87. The molecule has 2 bridgehead atoms. The Labute approximate surface area is 83.1 Å². The molecule has 1 fully saturated rings. The molecule has 2 aliphatic rings. The minimum absolute atomic E-state index is 0.0133. The topological polar surface area (TPSA) is 61.5 Å². The highest BCUT2D eigenvalue weighted by atomic mass is 16.5. The number of rotatable bonds is 3. The van der Waals surface area contributed by atoms with Gasteiger partial charge in [0.25, 0.3) is 0 Å². The van der Waals surface area contributed by atoms with Crippen LogP contribution in [0.2, 0.25) is 0 Å². The maximum atomic E-state index is 11.6. The highest BCUT2D eigenvalue weighted by Gasteiger charge is 2.49. The zero-order valence-corrected chi connectivity index (χ0v) is 8.18. The normalized spacial score (nSPS) is 39.0. The Balaban J connectivity index is 2.10. The van der Waals surface area contributed by atoms with Gasteiger partial charge in [0.05, 0.1) is 24.7 Å². The molecule has 4 nitrogen and oxygen atoms in total. The van der Waals surface area contributed by atoms with Crippen LogP contribution in [0.4, 0.5) is 0 Å². The lowest BCUT2D eigenvalue weighted by molar-refractivity contribution is -0.150. The van der Waals surface area contributed by atoms with Crippen LogP contribution in [0.3, 0.4) is 0 Å². The molecule has 0 saturated carbocycles. The molecule has 0 aromatic carbocycles. The Hall–Kier alpha value is -0.870. The molecule has 0 aromatic heterocycles. The summed E-state index contributed by atoms with van der Waals surface area (Å²) in [6.07, 6.45) is 3.81. The molecule has 1 saturated heterocycles. The number of hydrogen-bond donors (Lipinski definition) is 1. The molecule has 4 heteroatoms. The van der Waals surface area contributed by atoms with Gasteiger partial charge in [0.15, 0.2) is 0 Å². The van der Waals surface area contributed by atoms with Crippen molar-refractivity contribution in [2.75, 3.05) is 13.2 Å². The summed E-state index contributed by atoms with van der Waals surface area (Å²) in [5.41, 5.74) is 5.62. The number of nitrogens with two attached hydrogens (primary N) is 1. The van der Waals surface area contributed by atoms with Crippen LogP contribution in [0.25, 0.3) is 0 Å². The van der Waals surface area contributed by atoms with Crippen LogP contribution in [-0.2, 0) is 14.3 Å². The fourth-order valence-electron chi connectivity index (χ4n) is 2.22. The summed E-state index contributed by atoms with van der Waals surface area (Å²) < 4.78 is 10.6. The highest BCUT2D eigenvalue weighted by Crippen LogP contribution is 2.39. The summed E-state index contributed by atoms with van der Waals surface area (Å²) in [6.45, 7) is 2.68. The predicted octanol–water partition coefficient (Wildman–Crippen LogP) is 0.0778. The van der Waals surface area contributed by atoms with Gasteiger partial charge in [-0.2, -0.15) is 0 Å². The van der Waals surface area contributed by atoms with E-state index < -0.39 is 0 Å². The van der Waals surface area contributed by atoms with Crippen LogP contribution in [-0.4, -0.2) is 31.3 Å². The van der Waals surface area contributed by atoms with Crippen molar-refractivity contribution in [2.45, 2.75) is 19.1 Å². The van der Waals surface area contributed by atoms with Gasteiger partial charge in [0, 0.05) is 5.92 Å². The molecule has 78 valence electrons. The standard InChI is InChI=1S/C10H15NO3/c1-2-13-10(12)9-6(5-11)7-3-4-8(9)14-7/h3-4,6-9H,2,5,11H2,1H3. The summed E-state index contributed by atoms with van der Waals surface area (Å²) in [5.74, 6) is -0.293. The van der Waals surface area contributed by atoms with Crippen molar-refractivity contribution in [1.29, 1.82) is 0 Å². The van der Waals surface area contributed by atoms with Crippen LogP contribution >= 0.6 is 0 Å². The maximum absolute atomic E-state index is 11.6. The second kappa shape index (κ2) is 3.71. The van der Waals surface area contributed by atoms with Crippen LogP contribution in [0.1, 0.15) is 6.92 Å². The lowest BCUT2D eigenvalue weighted by Gasteiger charge is -2.21. The fourth-order valence-corrected chi connectivity index (χ4v) is 2.22. The van der Waals surface area contributed by atoms with Gasteiger partial charge >= 0.3 is 5.97 Å². The van der Waals surface area contributed by atoms with Crippen LogP contribution in [0.5, 0.6) is 0 Å². The average Bonchev–Trinajstić information content (AvgIpc) is 2.76. The van der Waals surface area contributed by atoms with Gasteiger partial charge in [-0.1, -0.05) is 12.2 Å². The molecule has 0 aliphatic carbocycles. The van der Waals surface area contributed by atoms with Crippen molar-refractivity contribution < 1.29 is 14.3 Å². The van der Waals surface area contributed by atoms with Gasteiger partial charge in [0.1, 0.15) is 0 Å². The molecule has 4 atom stereocenters. The Kier molecular flexibility index (Phi) is 2.56. The van der Waals surface area contributed by atoms with Gasteiger partial charge in [-0.05, 0) is 13.5 Å². The van der Waals surface area contributed by atoms with E-state index >= 15 is 0 Å². The zero-order valence-electron chi connectivity index (χ0n) is 8.18. The smallest absolute Gasteiger partial charge is 0.312 e. The van der Waals surface area contributed by atoms with E-state index in [9.17, 15) is 4.79 Å². The second-order valence-corrected chi connectivity index (χ2v) is 3.63. The Morgan fingerprint density at radius 3 is 2.86 bits per heavy atom. The van der Waals surface area contributed by atoms with Crippen molar-refractivity contribution >= 4 is 5.97 Å². The number of fused-ring (bicyclic) bond motifs is 2. The van der Waals surface area contributed by atoms with E-state index in [2.05, 4.69) is 0 Å². The molecule has 0 radical (unpaired) electrons. The number of carbonyl (C=O) groups is 1. The number of esters is 1. The molecule has 0 spiro atoms. The van der Waals surface area contributed by atoms with E-state index in [1.807, 2.05) is 12.2 Å². The molecule has 0 aromatic rings. The van der Waals surface area contributed by atoms with Crippen molar-refractivity contribution in [3.63, 3.8) is 0 Å². The Morgan fingerprint density at radius 2 is 2.21 bits per heavy atom. The van der Waals surface area contributed by atoms with E-state index in [4.69, 9.17) is 15.2 Å². The van der Waals surface area contributed by atoms with Gasteiger partial charge in [-0.15, -0.1) is 0 Å². The van der Waals surface area contributed by atoms with Crippen molar-refractivity contribution in [2.24, 2.45) is 17.6 Å². The molecule has 2 N–H and O–H groups in total. The van der Waals surface area contributed by atoms with Crippen LogP contribution in [0, 0.1) is 11.8 Å². The largest absolute Gasteiger partial charge is 0.466 e. The first-order chi connectivity index (χ1) is 6.77. The van der Waals surface area contributed by atoms with Crippen molar-refractivity contribution in [3.8, 4) is 0 Å². The molecular weight excluding hydrogens is 182 g/mol. The second-order valence-electron chi connectivity index (χ2n) is 3.63. The molecule has 14 heavy (non-hydrogen) atoms. The van der Waals surface area contributed by atoms with Crippen molar-refractivity contribution in [1.82, 2.24) is 0 Å². The Bertz CT molecular complexity index is 264. The van der Waals surface area contributed by atoms with Gasteiger partial charge in [-0.3, -0.25) is 4.79 Å². The van der Waals surface area contributed by atoms with Gasteiger partial charge < -0.3 is 15.2 Å². The summed E-state index contributed by atoms with van der Waals surface area (Å²) >= 11 is 0. The SMILES string of the molecule is CCOC(=O)C1C2C=CC(O2)C1CN. The Morgan fingerprint density at radius 1 is 1.50 bits per heavy atom. The molecular formula is C10H15NO3. The van der Waals surface area contributed by atoms with E-state index in [1.165, 1.54) is 0 Å². The first-order valence-corrected chi connectivity index (χ1v) is 4.98. The number of hydrogen-bond acceptors (Lipinski definition) is 4. The molecule has 2 heterocycles. The first-order valence-electron chi connectivity index (χ1n) is 4.98. The monoisotopic (exact) mass is 197 g/mol. The number of carbonyl (C=O) groups excluding carboxylic acids is 1. The summed E-state index contributed by atoms with van der Waals surface area (Å²) in [4.78, 5) is 11.6. The quantitative estimate of drug-likeness (QED) is 0.514. The van der Waals surface area contributed by atoms with E-state index in [0.717, 1.165) is 0 Å². The van der Waals surface area contributed by atoms with E-state index in [1.54, 1.807) is 6.92 Å². The summed E-state index contributed by atoms with van der Waals surface area (Å²) in [5, 5.41) is 0. The average molecular weight is 197 g/mol. The highest BCUT2D eigenvalue weighted by molar-refractivity contribution is 5.75. The summed E-state index contributed by atoms with van der Waals surface area (Å²) in [7, 11) is 0. The minimum atomic E-state index is -0.199. The number of ether oxygens (including phenoxy) is 2. The maximum Gasteiger partial charge on any atom is 0.312 e. The summed E-state index contributed by atoms with van der Waals surface area (Å²) in [6, 6.07) is 0. The fraction of sp³-hybridized carbons (Fsp3) is 0.700. The van der Waals surface area contributed by atoms with E-state index in [0.29, 0.717) is 13.2 Å².